The van der Waals surface area contributed by atoms with Gasteiger partial charge in [0, 0.05) is 19.3 Å². The number of ether oxygens (including phenoxy) is 3. The molecule has 0 aromatic carbocycles. The maximum atomic E-state index is 12.9. The van der Waals surface area contributed by atoms with Gasteiger partial charge in [-0.15, -0.1) is 0 Å². The second-order valence-electron chi connectivity index (χ2n) is 20.6. The van der Waals surface area contributed by atoms with Crippen molar-refractivity contribution in [2.75, 3.05) is 13.2 Å². The van der Waals surface area contributed by atoms with Crippen LogP contribution >= 0.6 is 0 Å². The summed E-state index contributed by atoms with van der Waals surface area (Å²) in [6, 6.07) is 0. The summed E-state index contributed by atoms with van der Waals surface area (Å²) in [6.45, 7) is 6.59. The highest BCUT2D eigenvalue weighted by molar-refractivity contribution is 5.71. The average molecular weight is 994 g/mol. The van der Waals surface area contributed by atoms with Crippen LogP contribution in [0.25, 0.3) is 0 Å². The fraction of sp³-hybridized carbons (Fsp3) is 0.800. The lowest BCUT2D eigenvalue weighted by atomic mass is 10.0. The van der Waals surface area contributed by atoms with Crippen LogP contribution in [-0.2, 0) is 28.6 Å². The van der Waals surface area contributed by atoms with Crippen LogP contribution in [0.15, 0.2) is 60.8 Å². The number of allylic oxidation sites excluding steroid dienone is 10. The van der Waals surface area contributed by atoms with Gasteiger partial charge in [-0.25, -0.2) is 0 Å². The van der Waals surface area contributed by atoms with Gasteiger partial charge in [-0.1, -0.05) is 300 Å². The van der Waals surface area contributed by atoms with Crippen molar-refractivity contribution in [3.05, 3.63) is 60.8 Å². The highest BCUT2D eigenvalue weighted by Gasteiger charge is 2.19. The van der Waals surface area contributed by atoms with Crippen molar-refractivity contribution in [3.63, 3.8) is 0 Å². The molecule has 0 saturated heterocycles. The third kappa shape index (κ3) is 57.9. The fourth-order valence-corrected chi connectivity index (χ4v) is 8.90. The predicted octanol–water partition coefficient (Wildman–Crippen LogP) is 20.8. The van der Waals surface area contributed by atoms with Gasteiger partial charge in [0.05, 0.1) is 0 Å². The normalized spacial score (nSPS) is 12.4. The molecule has 0 fully saturated rings. The Morgan fingerprint density at radius 1 is 0.282 bits per heavy atom. The van der Waals surface area contributed by atoms with E-state index in [2.05, 4.69) is 75.5 Å². The number of carbonyl (C=O) groups is 3. The van der Waals surface area contributed by atoms with E-state index in [0.29, 0.717) is 19.3 Å². The summed E-state index contributed by atoms with van der Waals surface area (Å²) in [5, 5.41) is 0. The second-order valence-corrected chi connectivity index (χ2v) is 20.6. The molecular weight excluding hydrogens is 877 g/mol. The van der Waals surface area contributed by atoms with Crippen molar-refractivity contribution < 1.29 is 28.6 Å². The molecule has 71 heavy (non-hydrogen) atoms. The van der Waals surface area contributed by atoms with E-state index in [9.17, 15) is 14.4 Å². The minimum atomic E-state index is -0.801. The van der Waals surface area contributed by atoms with Gasteiger partial charge in [0.25, 0.3) is 0 Å². The summed E-state index contributed by atoms with van der Waals surface area (Å²) >= 11 is 0. The first kappa shape index (κ1) is 68.1. The number of carbonyl (C=O) groups excluding carboxylic acids is 3. The molecule has 0 aliphatic heterocycles. The first-order valence-electron chi connectivity index (χ1n) is 30.8. The van der Waals surface area contributed by atoms with E-state index in [4.69, 9.17) is 14.2 Å². The molecule has 6 nitrogen and oxygen atoms in total. The Kier molecular flexibility index (Phi) is 57.2. The molecule has 0 aliphatic rings. The molecule has 0 aromatic heterocycles. The third-order valence-electron chi connectivity index (χ3n) is 13.5. The molecule has 0 heterocycles. The molecule has 0 radical (unpaired) electrons. The highest BCUT2D eigenvalue weighted by atomic mass is 16.6. The van der Waals surface area contributed by atoms with Crippen molar-refractivity contribution in [2.24, 2.45) is 0 Å². The maximum absolute atomic E-state index is 12.9. The number of hydrogen-bond donors (Lipinski definition) is 0. The van der Waals surface area contributed by atoms with E-state index in [1.807, 2.05) is 6.08 Å². The zero-order valence-corrected chi connectivity index (χ0v) is 47.2. The van der Waals surface area contributed by atoms with Crippen molar-refractivity contribution in [1.82, 2.24) is 0 Å². The van der Waals surface area contributed by atoms with E-state index < -0.39 is 6.10 Å². The molecule has 0 saturated carbocycles. The SMILES string of the molecule is CCCCC/C=C\C/C=C\C/C=C\C/C=C\C/C=C\CCC(=O)OC[C@H](COC(=O)CCCCCCCCCCCCCCCCCCCCCCC)OC(=O)CCCCCCCCCCCCCCC. The van der Waals surface area contributed by atoms with Gasteiger partial charge in [0.1, 0.15) is 13.2 Å². The van der Waals surface area contributed by atoms with Crippen molar-refractivity contribution >= 4 is 17.9 Å². The molecule has 0 aliphatic carbocycles. The van der Waals surface area contributed by atoms with Crippen LogP contribution in [0.4, 0.5) is 0 Å². The molecular formula is C65H116O6. The van der Waals surface area contributed by atoms with Gasteiger partial charge in [0.2, 0.25) is 0 Å². The minimum absolute atomic E-state index is 0.0926. The molecule has 0 unspecified atom stereocenters. The molecule has 0 amide bonds. The molecule has 0 rings (SSSR count). The monoisotopic (exact) mass is 993 g/mol. The summed E-state index contributed by atoms with van der Waals surface area (Å²) in [6.07, 6.45) is 75.2. The highest BCUT2D eigenvalue weighted by Crippen LogP contribution is 2.17. The standard InChI is InChI=1S/C65H116O6/c1-4-7-10-13-16-19-22-25-27-29-31-32-34-36-38-41-43-46-49-52-55-58-64(67)70-61-62(71-65(68)59-56-53-50-47-44-39-24-21-18-15-12-9-6-3)60-69-63(66)57-54-51-48-45-42-40-37-35-33-30-28-26-23-20-17-14-11-8-5-2/h17,20,26,28,33,35,40,42,48,51,62H,4-16,18-19,21-25,27,29-32,34,36-39,41,43-47,49-50,52-61H2,1-3H3/b20-17-,28-26-,35-33-,42-40-,51-48-/t62-/m1/s1. The van der Waals surface area contributed by atoms with Crippen LogP contribution in [0, 0.1) is 0 Å². The van der Waals surface area contributed by atoms with Gasteiger partial charge in [-0.2, -0.15) is 0 Å². The zero-order chi connectivity index (χ0) is 51.4. The molecule has 0 spiro atoms. The predicted molar refractivity (Wildman–Crippen MR) is 307 cm³/mol. The topological polar surface area (TPSA) is 78.9 Å². The molecule has 1 atom stereocenters. The smallest absolute Gasteiger partial charge is 0.306 e. The van der Waals surface area contributed by atoms with E-state index in [1.165, 1.54) is 205 Å². The Morgan fingerprint density at radius 3 is 0.873 bits per heavy atom. The second kappa shape index (κ2) is 59.7. The Hall–Kier alpha value is -2.89. The van der Waals surface area contributed by atoms with Crippen LogP contribution in [-0.4, -0.2) is 37.2 Å². The van der Waals surface area contributed by atoms with Crippen molar-refractivity contribution in [2.45, 2.75) is 322 Å². The Balaban J connectivity index is 4.38. The summed E-state index contributed by atoms with van der Waals surface area (Å²) in [5.41, 5.74) is 0. The van der Waals surface area contributed by atoms with Crippen LogP contribution in [0.2, 0.25) is 0 Å². The number of hydrogen-bond acceptors (Lipinski definition) is 6. The molecule has 412 valence electrons. The summed E-state index contributed by atoms with van der Waals surface area (Å²) in [5.74, 6) is -0.962. The molecule has 0 aromatic rings. The van der Waals surface area contributed by atoms with Crippen LogP contribution in [0.5, 0.6) is 0 Å². The Bertz CT molecular complexity index is 1280. The van der Waals surface area contributed by atoms with Gasteiger partial charge >= 0.3 is 17.9 Å². The van der Waals surface area contributed by atoms with E-state index >= 15 is 0 Å². The summed E-state index contributed by atoms with van der Waals surface area (Å²) in [7, 11) is 0. The van der Waals surface area contributed by atoms with E-state index in [-0.39, 0.29) is 37.5 Å². The van der Waals surface area contributed by atoms with E-state index in [0.717, 1.165) is 64.2 Å². The largest absolute Gasteiger partial charge is 0.462 e. The zero-order valence-electron chi connectivity index (χ0n) is 47.2. The molecule has 0 bridgehead atoms. The van der Waals surface area contributed by atoms with Crippen LogP contribution < -0.4 is 0 Å². The summed E-state index contributed by atoms with van der Waals surface area (Å²) < 4.78 is 16.8. The first-order chi connectivity index (χ1) is 35.0. The lowest BCUT2D eigenvalue weighted by molar-refractivity contribution is -0.166. The average Bonchev–Trinajstić information content (AvgIpc) is 3.37. The Morgan fingerprint density at radius 2 is 0.535 bits per heavy atom. The Labute approximate surface area is 440 Å². The van der Waals surface area contributed by atoms with Crippen molar-refractivity contribution in [1.29, 1.82) is 0 Å². The summed E-state index contributed by atoms with van der Waals surface area (Å²) in [4.78, 5) is 38.2. The minimum Gasteiger partial charge on any atom is -0.462 e. The number of esters is 3. The van der Waals surface area contributed by atoms with Crippen LogP contribution in [0.1, 0.15) is 316 Å². The number of unbranched alkanes of at least 4 members (excludes halogenated alkanes) is 35. The lowest BCUT2D eigenvalue weighted by Gasteiger charge is -2.18. The first-order valence-corrected chi connectivity index (χ1v) is 30.8. The van der Waals surface area contributed by atoms with E-state index in [1.54, 1.807) is 0 Å². The van der Waals surface area contributed by atoms with Crippen LogP contribution in [0.3, 0.4) is 0 Å². The van der Waals surface area contributed by atoms with Gasteiger partial charge in [0.15, 0.2) is 6.10 Å². The lowest BCUT2D eigenvalue weighted by Crippen LogP contribution is -2.30. The third-order valence-corrected chi connectivity index (χ3v) is 13.5. The fourth-order valence-electron chi connectivity index (χ4n) is 8.90. The number of rotatable bonds is 56. The van der Waals surface area contributed by atoms with Gasteiger partial charge < -0.3 is 14.2 Å². The van der Waals surface area contributed by atoms with Crippen molar-refractivity contribution in [3.8, 4) is 0 Å². The maximum Gasteiger partial charge on any atom is 0.306 e. The quantitative estimate of drug-likeness (QED) is 0.0261. The van der Waals surface area contributed by atoms with Gasteiger partial charge in [-0.05, 0) is 57.8 Å². The molecule has 6 heteroatoms. The van der Waals surface area contributed by atoms with Gasteiger partial charge in [-0.3, -0.25) is 14.4 Å². The molecule has 0 N–H and O–H groups in total.